The zero-order valence-electron chi connectivity index (χ0n) is 10.8. The fraction of sp³-hybridized carbons (Fsp3) is 0.556. The lowest BCUT2D eigenvalue weighted by Crippen LogP contribution is -2.30. The van der Waals surface area contributed by atoms with Crippen molar-refractivity contribution in [1.29, 1.82) is 0 Å². The van der Waals surface area contributed by atoms with E-state index in [1.807, 2.05) is 0 Å². The van der Waals surface area contributed by atoms with E-state index in [-0.39, 0.29) is 29.4 Å². The van der Waals surface area contributed by atoms with E-state index < -0.39 is 29.7 Å². The molecule has 0 aliphatic heterocycles. The van der Waals surface area contributed by atoms with Gasteiger partial charge in [0.05, 0.1) is 11.4 Å². The summed E-state index contributed by atoms with van der Waals surface area (Å²) in [6.07, 6.45) is 0. The topological polar surface area (TPSA) is 126 Å². The van der Waals surface area contributed by atoms with Crippen LogP contribution in [-0.4, -0.2) is 51.0 Å². The summed E-state index contributed by atoms with van der Waals surface area (Å²) in [5, 5.41) is 8.21. The van der Waals surface area contributed by atoms with E-state index in [9.17, 15) is 21.6 Å². The van der Waals surface area contributed by atoms with Gasteiger partial charge in [-0.15, -0.1) is 0 Å². The van der Waals surface area contributed by atoms with Crippen molar-refractivity contribution < 1.29 is 21.6 Å². The van der Waals surface area contributed by atoms with Crippen LogP contribution in [0.15, 0.2) is 4.90 Å². The van der Waals surface area contributed by atoms with Crippen molar-refractivity contribution in [1.82, 2.24) is 15.5 Å². The molecule has 11 heteroatoms. The predicted octanol–water partition coefficient (Wildman–Crippen LogP) is -0.190. The summed E-state index contributed by atoms with van der Waals surface area (Å²) in [7, 11) is -2.12. The molecule has 114 valence electrons. The minimum Gasteiger partial charge on any atom is -0.350 e. The summed E-state index contributed by atoms with van der Waals surface area (Å²) in [5.74, 6) is -1.08. The summed E-state index contributed by atoms with van der Waals surface area (Å²) < 4.78 is 45.2. The first-order valence-electron chi connectivity index (χ1n) is 5.56. The molecule has 0 bridgehead atoms. The summed E-state index contributed by atoms with van der Waals surface area (Å²) in [5.41, 5.74) is -0.252. The Bertz CT molecular complexity index is 708. The normalized spacial score (nSPS) is 12.3. The van der Waals surface area contributed by atoms with Crippen molar-refractivity contribution in [2.75, 3.05) is 18.1 Å². The number of carbonyl (C=O) groups excluding carboxylic acids is 1. The average molecular weight is 344 g/mol. The lowest BCUT2D eigenvalue weighted by atomic mass is 10.3. The van der Waals surface area contributed by atoms with E-state index in [4.69, 9.17) is 10.7 Å². The third kappa shape index (κ3) is 4.18. The van der Waals surface area contributed by atoms with Gasteiger partial charge >= 0.3 is 0 Å². The lowest BCUT2D eigenvalue weighted by Gasteiger charge is -2.04. The maximum atomic E-state index is 11.8. The Kier molecular flexibility index (Phi) is 5.16. The molecule has 0 aliphatic rings. The van der Waals surface area contributed by atoms with Crippen LogP contribution in [0, 0.1) is 6.92 Å². The smallest absolute Gasteiger partial charge is 0.273 e. The van der Waals surface area contributed by atoms with E-state index in [1.54, 1.807) is 0 Å². The van der Waals surface area contributed by atoms with Gasteiger partial charge < -0.3 is 5.32 Å². The van der Waals surface area contributed by atoms with Crippen molar-refractivity contribution in [2.45, 2.75) is 18.7 Å². The van der Waals surface area contributed by atoms with Gasteiger partial charge in [-0.25, -0.2) is 16.8 Å². The Balaban J connectivity index is 2.85. The molecule has 0 radical (unpaired) electrons. The third-order valence-electron chi connectivity index (χ3n) is 2.49. The number of hydrogen-bond donors (Lipinski definition) is 2. The number of sulfone groups is 1. The first-order valence-corrected chi connectivity index (χ1v) is 9.70. The van der Waals surface area contributed by atoms with Crippen LogP contribution >= 0.6 is 10.7 Å². The van der Waals surface area contributed by atoms with E-state index in [0.29, 0.717) is 0 Å². The molecule has 1 heterocycles. The molecule has 0 atom stereocenters. The number of hydrogen-bond acceptors (Lipinski definition) is 6. The van der Waals surface area contributed by atoms with Crippen LogP contribution in [-0.2, 0) is 18.9 Å². The van der Waals surface area contributed by atoms with Gasteiger partial charge in [-0.05, 0) is 6.92 Å². The Labute approximate surface area is 121 Å². The van der Waals surface area contributed by atoms with Crippen molar-refractivity contribution >= 4 is 35.5 Å². The number of carbonyl (C=O) groups is 1. The Hall–Kier alpha value is -1.13. The molecule has 1 rings (SSSR count). The molecule has 0 aromatic carbocycles. The van der Waals surface area contributed by atoms with Crippen molar-refractivity contribution in [2.24, 2.45) is 0 Å². The van der Waals surface area contributed by atoms with Crippen LogP contribution < -0.4 is 5.32 Å². The predicted molar refractivity (Wildman–Crippen MR) is 73.0 cm³/mol. The number of aryl methyl sites for hydroxylation is 1. The van der Waals surface area contributed by atoms with Gasteiger partial charge in [0.25, 0.3) is 15.0 Å². The maximum absolute atomic E-state index is 11.8. The Morgan fingerprint density at radius 3 is 2.45 bits per heavy atom. The molecule has 20 heavy (non-hydrogen) atoms. The average Bonchev–Trinajstić information content (AvgIpc) is 2.70. The molecular weight excluding hydrogens is 330 g/mol. The fourth-order valence-corrected chi connectivity index (χ4v) is 3.47. The SMILES string of the molecule is CCS(=O)(=O)CCNC(=O)c1n[nH]c(C)c1S(=O)(=O)Cl. The highest BCUT2D eigenvalue weighted by Gasteiger charge is 2.26. The summed E-state index contributed by atoms with van der Waals surface area (Å²) in [4.78, 5) is 11.4. The Morgan fingerprint density at radius 2 is 1.95 bits per heavy atom. The summed E-state index contributed by atoms with van der Waals surface area (Å²) in [6.45, 7) is 2.76. The van der Waals surface area contributed by atoms with Gasteiger partial charge in [0.15, 0.2) is 15.5 Å². The lowest BCUT2D eigenvalue weighted by molar-refractivity contribution is 0.0948. The molecule has 0 fully saturated rings. The minimum atomic E-state index is -4.12. The number of nitrogens with one attached hydrogen (secondary N) is 2. The third-order valence-corrected chi connectivity index (χ3v) is 5.64. The molecular formula is C9H14ClN3O5S2. The summed E-state index contributed by atoms with van der Waals surface area (Å²) >= 11 is 0. The van der Waals surface area contributed by atoms with Gasteiger partial charge in [0.1, 0.15) is 4.90 Å². The van der Waals surface area contributed by atoms with Crippen LogP contribution in [0.4, 0.5) is 0 Å². The second-order valence-electron chi connectivity index (χ2n) is 3.96. The highest BCUT2D eigenvalue weighted by Crippen LogP contribution is 2.21. The van der Waals surface area contributed by atoms with E-state index >= 15 is 0 Å². The number of aromatic amines is 1. The molecule has 1 aromatic rings. The number of aromatic nitrogens is 2. The largest absolute Gasteiger partial charge is 0.350 e. The van der Waals surface area contributed by atoms with Gasteiger partial charge in [0, 0.05) is 23.0 Å². The number of amides is 1. The van der Waals surface area contributed by atoms with Gasteiger partial charge in [-0.2, -0.15) is 5.10 Å². The van der Waals surface area contributed by atoms with Crippen molar-refractivity contribution in [3.8, 4) is 0 Å². The zero-order chi connectivity index (χ0) is 15.6. The van der Waals surface area contributed by atoms with Crippen molar-refractivity contribution in [3.05, 3.63) is 11.4 Å². The number of nitrogens with zero attached hydrogens (tertiary/aromatic N) is 1. The molecule has 0 aliphatic carbocycles. The molecule has 1 aromatic heterocycles. The quantitative estimate of drug-likeness (QED) is 0.689. The second kappa shape index (κ2) is 6.10. The minimum absolute atomic E-state index is 0.0360. The zero-order valence-corrected chi connectivity index (χ0v) is 13.2. The Morgan fingerprint density at radius 1 is 1.35 bits per heavy atom. The molecule has 8 nitrogen and oxygen atoms in total. The van der Waals surface area contributed by atoms with Crippen molar-refractivity contribution in [3.63, 3.8) is 0 Å². The molecule has 0 saturated heterocycles. The van der Waals surface area contributed by atoms with Gasteiger partial charge in [-0.1, -0.05) is 6.92 Å². The van der Waals surface area contributed by atoms with Crippen LogP contribution in [0.2, 0.25) is 0 Å². The second-order valence-corrected chi connectivity index (χ2v) is 8.93. The number of H-pyrrole nitrogens is 1. The maximum Gasteiger partial charge on any atom is 0.273 e. The van der Waals surface area contributed by atoms with Gasteiger partial charge in [-0.3, -0.25) is 9.89 Å². The standard InChI is InChI=1S/C9H14ClN3O5S2/c1-3-19(15,16)5-4-11-9(14)7-8(20(10,17)18)6(2)12-13-7/h3-5H2,1-2H3,(H,11,14)(H,12,13). The van der Waals surface area contributed by atoms with Crippen LogP contribution in [0.1, 0.15) is 23.1 Å². The first-order chi connectivity index (χ1) is 9.08. The number of rotatable bonds is 6. The monoisotopic (exact) mass is 343 g/mol. The number of halogens is 1. The molecule has 0 unspecified atom stereocenters. The fourth-order valence-electron chi connectivity index (χ4n) is 1.42. The highest BCUT2D eigenvalue weighted by atomic mass is 35.7. The molecule has 1 amide bonds. The van der Waals surface area contributed by atoms with E-state index in [1.165, 1.54) is 13.8 Å². The van der Waals surface area contributed by atoms with Gasteiger partial charge in [0.2, 0.25) is 0 Å². The molecule has 0 spiro atoms. The van der Waals surface area contributed by atoms with Crippen LogP contribution in [0.25, 0.3) is 0 Å². The van der Waals surface area contributed by atoms with E-state index in [0.717, 1.165) is 0 Å². The highest BCUT2D eigenvalue weighted by molar-refractivity contribution is 8.13. The van der Waals surface area contributed by atoms with Crippen LogP contribution in [0.5, 0.6) is 0 Å². The first kappa shape index (κ1) is 16.9. The summed E-state index contributed by atoms with van der Waals surface area (Å²) in [6, 6.07) is 0. The molecule has 0 saturated carbocycles. The molecule has 2 N–H and O–H groups in total. The van der Waals surface area contributed by atoms with E-state index in [2.05, 4.69) is 15.5 Å². The van der Waals surface area contributed by atoms with Crippen LogP contribution in [0.3, 0.4) is 0 Å².